The van der Waals surface area contributed by atoms with Gasteiger partial charge in [-0.1, -0.05) is 12.1 Å². The van der Waals surface area contributed by atoms with Crippen molar-refractivity contribution in [1.29, 1.82) is 0 Å². The number of halogens is 1. The van der Waals surface area contributed by atoms with E-state index in [0.29, 0.717) is 55.7 Å². The molecule has 0 unspecified atom stereocenters. The van der Waals surface area contributed by atoms with Crippen molar-refractivity contribution in [2.75, 3.05) is 49.3 Å². The number of anilines is 2. The van der Waals surface area contributed by atoms with Crippen LogP contribution in [0.2, 0.25) is 0 Å². The van der Waals surface area contributed by atoms with E-state index in [1.165, 1.54) is 12.1 Å². The minimum absolute atomic E-state index is 0.0163. The van der Waals surface area contributed by atoms with Gasteiger partial charge in [0, 0.05) is 42.7 Å². The number of hydrogen-bond donors (Lipinski definition) is 3. The number of carbonyl (C=O) groups is 1. The van der Waals surface area contributed by atoms with Gasteiger partial charge in [0.05, 0.1) is 35.5 Å². The van der Waals surface area contributed by atoms with Crippen molar-refractivity contribution < 1.29 is 22.3 Å². The highest BCUT2D eigenvalue weighted by atomic mass is 32.2. The summed E-state index contributed by atoms with van der Waals surface area (Å²) in [5.41, 5.74) is 7.63. The molecule has 0 radical (unpaired) electrons. The number of rotatable bonds is 7. The first kappa shape index (κ1) is 26.5. The first-order valence-corrected chi connectivity index (χ1v) is 13.6. The highest BCUT2D eigenvalue weighted by Gasteiger charge is 2.24. The molecule has 1 atom stereocenters. The maximum atomic E-state index is 14.3. The van der Waals surface area contributed by atoms with Gasteiger partial charge in [-0.3, -0.25) is 0 Å². The van der Waals surface area contributed by atoms with E-state index in [0.717, 1.165) is 12.3 Å². The fourth-order valence-corrected chi connectivity index (χ4v) is 4.86. The Bertz CT molecular complexity index is 1380. The molecule has 4 N–H and O–H groups in total. The van der Waals surface area contributed by atoms with Crippen LogP contribution in [0.3, 0.4) is 0 Å². The van der Waals surface area contributed by atoms with Crippen molar-refractivity contribution >= 4 is 27.5 Å². The lowest BCUT2D eigenvalue weighted by molar-refractivity contribution is 0.0981. The fourth-order valence-electron chi connectivity index (χ4n) is 3.98. The summed E-state index contributed by atoms with van der Waals surface area (Å²) in [6, 6.07) is 11.8. The van der Waals surface area contributed by atoms with E-state index in [9.17, 15) is 17.6 Å². The Hall–Kier alpha value is -3.61. The van der Waals surface area contributed by atoms with Gasteiger partial charge in [0.15, 0.2) is 9.84 Å². The smallest absolute Gasteiger partial charge is 0.319 e. The summed E-state index contributed by atoms with van der Waals surface area (Å²) in [6.07, 6.45) is 1.08. The van der Waals surface area contributed by atoms with Gasteiger partial charge in [-0.15, -0.1) is 0 Å². The first-order chi connectivity index (χ1) is 17.7. The van der Waals surface area contributed by atoms with Gasteiger partial charge >= 0.3 is 6.03 Å². The summed E-state index contributed by atoms with van der Waals surface area (Å²) in [5.74, 6) is -0.192. The SMILES string of the molecule is C[C@H]1COCCN1c1nc(-c2ccc(NC(=O)NCCN)cc2)cc(-c2cc(F)ccc2S(C)(=O)=O)n1. The molecule has 0 bridgehead atoms. The van der Waals surface area contributed by atoms with Gasteiger partial charge in [0.2, 0.25) is 5.95 Å². The van der Waals surface area contributed by atoms with Crippen molar-refractivity contribution in [3.63, 3.8) is 0 Å². The molecule has 0 aliphatic carbocycles. The number of morpholine rings is 1. The molecule has 0 saturated carbocycles. The van der Waals surface area contributed by atoms with Crippen LogP contribution in [0, 0.1) is 5.82 Å². The molecule has 37 heavy (non-hydrogen) atoms. The van der Waals surface area contributed by atoms with Crippen molar-refractivity contribution in [2.45, 2.75) is 17.9 Å². The number of aromatic nitrogens is 2. The molecule has 2 heterocycles. The Labute approximate surface area is 215 Å². The van der Waals surface area contributed by atoms with Crippen LogP contribution in [0.25, 0.3) is 22.5 Å². The van der Waals surface area contributed by atoms with E-state index in [1.807, 2.05) is 11.8 Å². The second-order valence-electron chi connectivity index (χ2n) is 8.72. The van der Waals surface area contributed by atoms with Gasteiger partial charge in [0.1, 0.15) is 5.82 Å². The average molecular weight is 529 g/mol. The lowest BCUT2D eigenvalue weighted by Gasteiger charge is -2.33. The molecule has 196 valence electrons. The predicted molar refractivity (Wildman–Crippen MR) is 140 cm³/mol. The molecule has 12 heteroatoms. The average Bonchev–Trinajstić information content (AvgIpc) is 2.87. The van der Waals surface area contributed by atoms with Gasteiger partial charge in [-0.2, -0.15) is 0 Å². The van der Waals surface area contributed by atoms with Gasteiger partial charge in [-0.25, -0.2) is 27.6 Å². The minimum atomic E-state index is -3.66. The largest absolute Gasteiger partial charge is 0.377 e. The van der Waals surface area contributed by atoms with Crippen molar-refractivity contribution in [3.8, 4) is 22.5 Å². The molecule has 4 rings (SSSR count). The Kier molecular flexibility index (Phi) is 8.00. The van der Waals surface area contributed by atoms with Crippen LogP contribution in [0.1, 0.15) is 6.92 Å². The number of sulfone groups is 1. The molecule has 1 aromatic heterocycles. The lowest BCUT2D eigenvalue weighted by atomic mass is 10.1. The second kappa shape index (κ2) is 11.2. The maximum Gasteiger partial charge on any atom is 0.319 e. The van der Waals surface area contributed by atoms with E-state index in [-0.39, 0.29) is 28.2 Å². The number of nitrogens with one attached hydrogen (secondary N) is 2. The third-order valence-electron chi connectivity index (χ3n) is 5.82. The number of hydrogen-bond acceptors (Lipinski definition) is 8. The summed E-state index contributed by atoms with van der Waals surface area (Å²) in [6.45, 7) is 4.20. The number of nitrogens with zero attached hydrogens (tertiary/aromatic N) is 3. The molecular weight excluding hydrogens is 499 g/mol. The highest BCUT2D eigenvalue weighted by Crippen LogP contribution is 2.32. The lowest BCUT2D eigenvalue weighted by Crippen LogP contribution is -2.44. The third-order valence-corrected chi connectivity index (χ3v) is 6.98. The second-order valence-corrected chi connectivity index (χ2v) is 10.7. The Balaban J connectivity index is 1.78. The van der Waals surface area contributed by atoms with Gasteiger partial charge < -0.3 is 26.0 Å². The number of carbonyl (C=O) groups excluding carboxylic acids is 1. The number of amides is 2. The maximum absolute atomic E-state index is 14.3. The molecular formula is C25H29FN6O4S. The van der Waals surface area contributed by atoms with Crippen LogP contribution in [-0.4, -0.2) is 69.6 Å². The van der Waals surface area contributed by atoms with Crippen molar-refractivity contribution in [3.05, 3.63) is 54.3 Å². The number of benzene rings is 2. The van der Waals surface area contributed by atoms with Crippen LogP contribution in [0.15, 0.2) is 53.4 Å². The van der Waals surface area contributed by atoms with Crippen LogP contribution < -0.4 is 21.3 Å². The van der Waals surface area contributed by atoms with E-state index in [1.54, 1.807) is 30.3 Å². The first-order valence-electron chi connectivity index (χ1n) is 11.7. The van der Waals surface area contributed by atoms with Crippen LogP contribution in [-0.2, 0) is 14.6 Å². The molecule has 1 aliphatic heterocycles. The van der Waals surface area contributed by atoms with E-state index < -0.39 is 15.7 Å². The number of urea groups is 1. The molecule has 1 fully saturated rings. The van der Waals surface area contributed by atoms with Gasteiger partial charge in [-0.05, 0) is 43.3 Å². The molecule has 2 amide bonds. The zero-order valence-electron chi connectivity index (χ0n) is 20.6. The van der Waals surface area contributed by atoms with Crippen molar-refractivity contribution in [1.82, 2.24) is 15.3 Å². The topological polar surface area (TPSA) is 140 Å². The standard InChI is InChI=1S/C25H29FN6O4S/c1-16-15-36-12-11-32(16)24-30-21(17-3-6-19(7-4-17)29-25(33)28-10-9-27)14-22(31-24)20-13-18(26)5-8-23(20)37(2,34)35/h3-8,13-14,16H,9-12,15,27H2,1-2H3,(H2,28,29,33)/t16-/m0/s1. The summed E-state index contributed by atoms with van der Waals surface area (Å²) in [7, 11) is -3.66. The van der Waals surface area contributed by atoms with Crippen LogP contribution in [0.4, 0.5) is 20.8 Å². The summed E-state index contributed by atoms with van der Waals surface area (Å²) >= 11 is 0. The van der Waals surface area contributed by atoms with Crippen molar-refractivity contribution in [2.24, 2.45) is 5.73 Å². The number of nitrogens with two attached hydrogens (primary N) is 1. The van der Waals surface area contributed by atoms with Crippen LogP contribution >= 0.6 is 0 Å². The molecule has 0 spiro atoms. The summed E-state index contributed by atoms with van der Waals surface area (Å²) in [5, 5.41) is 5.35. The number of ether oxygens (including phenoxy) is 1. The normalized spacial score (nSPS) is 15.9. The Morgan fingerprint density at radius 2 is 1.89 bits per heavy atom. The zero-order chi connectivity index (χ0) is 26.6. The molecule has 1 aliphatic rings. The van der Waals surface area contributed by atoms with E-state index >= 15 is 0 Å². The monoisotopic (exact) mass is 528 g/mol. The molecule has 3 aromatic rings. The Morgan fingerprint density at radius 3 is 2.57 bits per heavy atom. The van der Waals surface area contributed by atoms with E-state index in [4.69, 9.17) is 15.5 Å². The zero-order valence-corrected chi connectivity index (χ0v) is 21.4. The quantitative estimate of drug-likeness (QED) is 0.398. The minimum Gasteiger partial charge on any atom is -0.377 e. The Morgan fingerprint density at radius 1 is 1.16 bits per heavy atom. The summed E-state index contributed by atoms with van der Waals surface area (Å²) < 4.78 is 44.8. The van der Waals surface area contributed by atoms with Crippen LogP contribution in [0.5, 0.6) is 0 Å². The molecule has 2 aromatic carbocycles. The van der Waals surface area contributed by atoms with E-state index in [2.05, 4.69) is 15.6 Å². The van der Waals surface area contributed by atoms with Gasteiger partial charge in [0.25, 0.3) is 0 Å². The highest BCUT2D eigenvalue weighted by molar-refractivity contribution is 7.90. The molecule has 1 saturated heterocycles. The predicted octanol–water partition coefficient (Wildman–Crippen LogP) is 2.66. The summed E-state index contributed by atoms with van der Waals surface area (Å²) in [4.78, 5) is 23.3. The fraction of sp³-hybridized carbons (Fsp3) is 0.320. The molecule has 10 nitrogen and oxygen atoms in total. The third kappa shape index (κ3) is 6.40.